The Balaban J connectivity index is 1.90. The van der Waals surface area contributed by atoms with Crippen LogP contribution in [0.3, 0.4) is 0 Å². The van der Waals surface area contributed by atoms with Crippen molar-refractivity contribution in [3.05, 3.63) is 47.5 Å². The molecule has 6 nitrogen and oxygen atoms in total. The Hall–Kier alpha value is -2.21. The van der Waals surface area contributed by atoms with Crippen LogP contribution in [0.25, 0.3) is 0 Å². The fourth-order valence-electron chi connectivity index (χ4n) is 1.60. The van der Waals surface area contributed by atoms with E-state index in [9.17, 15) is 4.79 Å². The summed E-state index contributed by atoms with van der Waals surface area (Å²) in [7, 11) is 1.86. The van der Waals surface area contributed by atoms with Crippen molar-refractivity contribution in [1.29, 1.82) is 0 Å². The zero-order valence-electron chi connectivity index (χ0n) is 10.00. The van der Waals surface area contributed by atoms with Crippen LogP contribution < -0.4 is 5.32 Å². The van der Waals surface area contributed by atoms with Gasteiger partial charge in [0.05, 0.1) is 11.9 Å². The number of aromatic nitrogens is 3. The maximum absolute atomic E-state index is 10.8. The van der Waals surface area contributed by atoms with Crippen molar-refractivity contribution in [3.63, 3.8) is 0 Å². The predicted molar refractivity (Wildman–Crippen MR) is 64.9 cm³/mol. The molecule has 0 fully saturated rings. The third-order valence-corrected chi connectivity index (χ3v) is 2.42. The topological polar surface area (TPSA) is 80.0 Å². The van der Waals surface area contributed by atoms with Crippen LogP contribution in [-0.2, 0) is 20.1 Å². The van der Waals surface area contributed by atoms with Crippen molar-refractivity contribution in [3.8, 4) is 0 Å². The van der Waals surface area contributed by atoms with Crippen molar-refractivity contribution < 1.29 is 9.90 Å². The van der Waals surface area contributed by atoms with Gasteiger partial charge in [-0.1, -0.05) is 6.07 Å². The average molecular weight is 246 g/mol. The SMILES string of the molecule is Cn1cc(CNCc2cccc(C(=O)O)n2)cn1. The molecule has 2 rings (SSSR count). The molecule has 2 heterocycles. The summed E-state index contributed by atoms with van der Waals surface area (Å²) in [4.78, 5) is 14.8. The van der Waals surface area contributed by atoms with E-state index in [-0.39, 0.29) is 5.69 Å². The summed E-state index contributed by atoms with van der Waals surface area (Å²) in [5.41, 5.74) is 1.85. The number of hydrogen-bond acceptors (Lipinski definition) is 4. The molecule has 0 saturated carbocycles. The number of pyridine rings is 1. The lowest BCUT2D eigenvalue weighted by Crippen LogP contribution is -2.14. The first kappa shape index (κ1) is 12.3. The van der Waals surface area contributed by atoms with E-state index in [0.717, 1.165) is 5.56 Å². The van der Waals surface area contributed by atoms with E-state index in [1.54, 1.807) is 23.0 Å². The van der Waals surface area contributed by atoms with Crippen LogP contribution in [0, 0.1) is 0 Å². The standard InChI is InChI=1S/C12H14N4O2/c1-16-8-9(6-14-16)5-13-7-10-3-2-4-11(15-10)12(17)18/h2-4,6,8,13H,5,7H2,1H3,(H,17,18). The quantitative estimate of drug-likeness (QED) is 0.815. The second-order valence-electron chi connectivity index (χ2n) is 3.95. The third kappa shape index (κ3) is 3.14. The number of aryl methyl sites for hydroxylation is 1. The second kappa shape index (κ2) is 5.42. The van der Waals surface area contributed by atoms with Crippen LogP contribution in [0.2, 0.25) is 0 Å². The molecule has 0 atom stereocenters. The van der Waals surface area contributed by atoms with Crippen LogP contribution in [0.15, 0.2) is 30.6 Å². The predicted octanol–water partition coefficient (Wildman–Crippen LogP) is 0.803. The van der Waals surface area contributed by atoms with Crippen molar-refractivity contribution in [1.82, 2.24) is 20.1 Å². The Morgan fingerprint density at radius 1 is 1.44 bits per heavy atom. The highest BCUT2D eigenvalue weighted by atomic mass is 16.4. The molecule has 6 heteroatoms. The van der Waals surface area contributed by atoms with Crippen LogP contribution in [0.4, 0.5) is 0 Å². The number of carboxylic acid groups (broad SMARTS) is 1. The minimum Gasteiger partial charge on any atom is -0.477 e. The molecule has 0 saturated heterocycles. The molecule has 2 N–H and O–H groups in total. The maximum Gasteiger partial charge on any atom is 0.354 e. The van der Waals surface area contributed by atoms with Crippen LogP contribution >= 0.6 is 0 Å². The molecule has 0 spiro atoms. The van der Waals surface area contributed by atoms with Gasteiger partial charge in [-0.15, -0.1) is 0 Å². The number of carbonyl (C=O) groups is 1. The first-order valence-corrected chi connectivity index (χ1v) is 5.52. The lowest BCUT2D eigenvalue weighted by Gasteiger charge is -2.03. The Kier molecular flexibility index (Phi) is 3.69. The van der Waals surface area contributed by atoms with Gasteiger partial charge in [0.1, 0.15) is 5.69 Å². The van der Waals surface area contributed by atoms with Crippen LogP contribution in [0.1, 0.15) is 21.7 Å². The molecule has 0 radical (unpaired) electrons. The van der Waals surface area contributed by atoms with Crippen LogP contribution in [-0.4, -0.2) is 25.8 Å². The van der Waals surface area contributed by atoms with Gasteiger partial charge in [-0.3, -0.25) is 4.68 Å². The number of nitrogens with one attached hydrogen (secondary N) is 1. The normalized spacial score (nSPS) is 10.5. The van der Waals surface area contributed by atoms with E-state index < -0.39 is 5.97 Å². The number of aromatic carboxylic acids is 1. The molecule has 0 unspecified atom stereocenters. The molecule has 18 heavy (non-hydrogen) atoms. The number of hydrogen-bond donors (Lipinski definition) is 2. The molecule has 94 valence electrons. The van der Waals surface area contributed by atoms with E-state index >= 15 is 0 Å². The minimum atomic E-state index is -1.01. The molecule has 0 bridgehead atoms. The fourth-order valence-corrected chi connectivity index (χ4v) is 1.60. The lowest BCUT2D eigenvalue weighted by atomic mass is 10.3. The van der Waals surface area contributed by atoms with Crippen molar-refractivity contribution in [2.75, 3.05) is 0 Å². The molecule has 0 amide bonds. The Morgan fingerprint density at radius 3 is 2.94 bits per heavy atom. The van der Waals surface area contributed by atoms with E-state index in [2.05, 4.69) is 15.4 Å². The zero-order valence-corrected chi connectivity index (χ0v) is 10.00. The molecule has 2 aromatic rings. The summed E-state index contributed by atoms with van der Waals surface area (Å²) >= 11 is 0. The van der Waals surface area contributed by atoms with Gasteiger partial charge in [0.15, 0.2) is 0 Å². The highest BCUT2D eigenvalue weighted by Gasteiger charge is 2.04. The average Bonchev–Trinajstić information content (AvgIpc) is 2.75. The van der Waals surface area contributed by atoms with E-state index in [1.807, 2.05) is 13.2 Å². The molecular formula is C12H14N4O2. The third-order valence-electron chi connectivity index (χ3n) is 2.42. The molecule has 0 aliphatic heterocycles. The van der Waals surface area contributed by atoms with Gasteiger partial charge in [-0.2, -0.15) is 5.10 Å². The highest BCUT2D eigenvalue weighted by Crippen LogP contribution is 2.01. The number of rotatable bonds is 5. The second-order valence-corrected chi connectivity index (χ2v) is 3.95. The molecule has 2 aromatic heterocycles. The Bertz CT molecular complexity index is 551. The van der Waals surface area contributed by atoms with Gasteiger partial charge in [0, 0.05) is 31.9 Å². The van der Waals surface area contributed by atoms with Crippen molar-refractivity contribution in [2.24, 2.45) is 7.05 Å². The monoisotopic (exact) mass is 246 g/mol. The Labute approximate surface area is 104 Å². The number of nitrogens with zero attached hydrogens (tertiary/aromatic N) is 3. The smallest absolute Gasteiger partial charge is 0.354 e. The van der Waals surface area contributed by atoms with Gasteiger partial charge >= 0.3 is 5.97 Å². The summed E-state index contributed by atoms with van der Waals surface area (Å²) in [6, 6.07) is 4.97. The first-order valence-electron chi connectivity index (χ1n) is 5.52. The van der Waals surface area contributed by atoms with E-state index in [1.165, 1.54) is 6.07 Å². The summed E-state index contributed by atoms with van der Waals surface area (Å²) in [5, 5.41) is 16.1. The largest absolute Gasteiger partial charge is 0.477 e. The van der Waals surface area contributed by atoms with Crippen LogP contribution in [0.5, 0.6) is 0 Å². The Morgan fingerprint density at radius 2 is 2.28 bits per heavy atom. The summed E-state index contributed by atoms with van der Waals surface area (Å²) in [6.45, 7) is 1.20. The first-order chi connectivity index (χ1) is 8.65. The van der Waals surface area contributed by atoms with Crippen molar-refractivity contribution >= 4 is 5.97 Å². The van der Waals surface area contributed by atoms with E-state index in [4.69, 9.17) is 5.11 Å². The van der Waals surface area contributed by atoms with Gasteiger partial charge in [0.2, 0.25) is 0 Å². The summed E-state index contributed by atoms with van der Waals surface area (Å²) in [6.07, 6.45) is 3.71. The molecule has 0 aromatic carbocycles. The van der Waals surface area contributed by atoms with Gasteiger partial charge in [0.25, 0.3) is 0 Å². The zero-order chi connectivity index (χ0) is 13.0. The van der Waals surface area contributed by atoms with E-state index in [0.29, 0.717) is 18.8 Å². The molecule has 0 aliphatic carbocycles. The van der Waals surface area contributed by atoms with Crippen molar-refractivity contribution in [2.45, 2.75) is 13.1 Å². The number of carboxylic acids is 1. The lowest BCUT2D eigenvalue weighted by molar-refractivity contribution is 0.0690. The minimum absolute atomic E-state index is 0.0654. The fraction of sp³-hybridized carbons (Fsp3) is 0.250. The molecular weight excluding hydrogens is 232 g/mol. The molecule has 0 aliphatic rings. The summed E-state index contributed by atoms with van der Waals surface area (Å²) in [5.74, 6) is -1.01. The summed E-state index contributed by atoms with van der Waals surface area (Å²) < 4.78 is 1.74. The highest BCUT2D eigenvalue weighted by molar-refractivity contribution is 5.85. The van der Waals surface area contributed by atoms with Gasteiger partial charge < -0.3 is 10.4 Å². The maximum atomic E-state index is 10.8. The van der Waals surface area contributed by atoms with Gasteiger partial charge in [-0.05, 0) is 12.1 Å². The van der Waals surface area contributed by atoms with Gasteiger partial charge in [-0.25, -0.2) is 9.78 Å².